The van der Waals surface area contributed by atoms with E-state index in [1.165, 1.54) is 6.07 Å². The second kappa shape index (κ2) is 5.64. The van der Waals surface area contributed by atoms with Crippen molar-refractivity contribution in [2.75, 3.05) is 6.61 Å². The number of rotatable bonds is 5. The lowest BCUT2D eigenvalue weighted by molar-refractivity contribution is -0.190. The molecule has 2 N–H and O–H groups in total. The van der Waals surface area contributed by atoms with E-state index in [0.717, 1.165) is 12.3 Å². The number of aromatic nitrogens is 1. The number of carboxylic acids is 1. The SMILES string of the molecule is CCO[C@@H]1C[C@@](NC(=O)c2ccc(F)cn2)(C(=O)O)C1(C)C. The highest BCUT2D eigenvalue weighted by molar-refractivity contribution is 5.97. The molecule has 1 aliphatic carbocycles. The molecule has 1 saturated carbocycles. The normalized spacial score (nSPS) is 26.1. The van der Waals surface area contributed by atoms with Gasteiger partial charge < -0.3 is 15.2 Å². The average molecular weight is 310 g/mol. The lowest BCUT2D eigenvalue weighted by atomic mass is 9.54. The molecule has 1 aromatic heterocycles. The van der Waals surface area contributed by atoms with Crippen LogP contribution in [0.2, 0.25) is 0 Å². The van der Waals surface area contributed by atoms with Crippen molar-refractivity contribution in [3.8, 4) is 0 Å². The molecule has 1 aromatic rings. The lowest BCUT2D eigenvalue weighted by Crippen LogP contribution is -2.76. The Labute approximate surface area is 127 Å². The summed E-state index contributed by atoms with van der Waals surface area (Å²) in [6.07, 6.45) is 0.836. The highest BCUT2D eigenvalue weighted by Crippen LogP contribution is 2.51. The Morgan fingerprint density at radius 1 is 1.50 bits per heavy atom. The topological polar surface area (TPSA) is 88.5 Å². The van der Waals surface area contributed by atoms with Gasteiger partial charge in [-0.1, -0.05) is 13.8 Å². The third-order valence-corrected chi connectivity index (χ3v) is 4.42. The van der Waals surface area contributed by atoms with E-state index in [4.69, 9.17) is 4.74 Å². The zero-order valence-electron chi connectivity index (χ0n) is 12.7. The number of carboxylic acid groups (broad SMARTS) is 1. The highest BCUT2D eigenvalue weighted by atomic mass is 19.1. The van der Waals surface area contributed by atoms with Crippen molar-refractivity contribution in [1.82, 2.24) is 10.3 Å². The number of aliphatic carboxylic acids is 1. The minimum atomic E-state index is -1.43. The molecule has 0 spiro atoms. The van der Waals surface area contributed by atoms with Crippen LogP contribution in [0.3, 0.4) is 0 Å². The Bertz CT molecular complexity index is 588. The number of carbonyl (C=O) groups is 2. The van der Waals surface area contributed by atoms with E-state index in [9.17, 15) is 19.1 Å². The lowest BCUT2D eigenvalue weighted by Gasteiger charge is -2.58. The summed E-state index contributed by atoms with van der Waals surface area (Å²) in [6.45, 7) is 5.78. The van der Waals surface area contributed by atoms with Gasteiger partial charge in [-0.05, 0) is 19.1 Å². The molecule has 1 fully saturated rings. The molecule has 0 bridgehead atoms. The van der Waals surface area contributed by atoms with Crippen molar-refractivity contribution in [2.24, 2.45) is 5.41 Å². The van der Waals surface area contributed by atoms with Crippen molar-refractivity contribution in [3.05, 3.63) is 29.8 Å². The molecule has 0 aromatic carbocycles. The second-order valence-corrected chi connectivity index (χ2v) is 5.90. The van der Waals surface area contributed by atoms with Gasteiger partial charge >= 0.3 is 5.97 Å². The smallest absolute Gasteiger partial charge is 0.330 e. The van der Waals surface area contributed by atoms with Crippen LogP contribution in [0.5, 0.6) is 0 Å². The van der Waals surface area contributed by atoms with Crippen molar-refractivity contribution in [2.45, 2.75) is 38.8 Å². The Morgan fingerprint density at radius 2 is 2.18 bits per heavy atom. The first kappa shape index (κ1) is 16.4. The van der Waals surface area contributed by atoms with Crippen LogP contribution in [-0.4, -0.2) is 40.2 Å². The molecule has 1 amide bonds. The third-order valence-electron chi connectivity index (χ3n) is 4.42. The molecule has 2 rings (SSSR count). The van der Waals surface area contributed by atoms with Crippen molar-refractivity contribution in [1.29, 1.82) is 0 Å². The molecule has 2 atom stereocenters. The second-order valence-electron chi connectivity index (χ2n) is 5.90. The molecular weight excluding hydrogens is 291 g/mol. The quantitative estimate of drug-likeness (QED) is 0.862. The summed E-state index contributed by atoms with van der Waals surface area (Å²) in [7, 11) is 0. The van der Waals surface area contributed by atoms with E-state index in [1.807, 2.05) is 6.92 Å². The summed E-state index contributed by atoms with van der Waals surface area (Å²) in [6, 6.07) is 2.32. The van der Waals surface area contributed by atoms with Crippen molar-refractivity contribution >= 4 is 11.9 Å². The highest BCUT2D eigenvalue weighted by Gasteiger charge is 2.66. The number of ether oxygens (including phenoxy) is 1. The van der Waals surface area contributed by atoms with E-state index in [-0.39, 0.29) is 18.2 Å². The molecule has 0 unspecified atom stereocenters. The molecular formula is C15H19FN2O4. The zero-order chi connectivity index (χ0) is 16.5. The van der Waals surface area contributed by atoms with E-state index >= 15 is 0 Å². The predicted octanol–water partition coefficient (Wildman–Crippen LogP) is 1.61. The van der Waals surface area contributed by atoms with Gasteiger partial charge in [0.05, 0.1) is 12.3 Å². The molecule has 0 radical (unpaired) electrons. The summed E-state index contributed by atoms with van der Waals surface area (Å²) < 4.78 is 18.4. The fraction of sp³-hybridized carbons (Fsp3) is 0.533. The van der Waals surface area contributed by atoms with E-state index in [1.54, 1.807) is 13.8 Å². The van der Waals surface area contributed by atoms with Gasteiger partial charge in [-0.25, -0.2) is 14.2 Å². The maximum atomic E-state index is 12.8. The first-order valence-electron chi connectivity index (χ1n) is 7.03. The third kappa shape index (κ3) is 2.45. The number of pyridine rings is 1. The molecule has 1 heterocycles. The summed E-state index contributed by atoms with van der Waals surface area (Å²) in [4.78, 5) is 27.6. The summed E-state index contributed by atoms with van der Waals surface area (Å²) in [5.74, 6) is -2.33. The largest absolute Gasteiger partial charge is 0.479 e. The van der Waals surface area contributed by atoms with Gasteiger partial charge in [0.1, 0.15) is 17.1 Å². The van der Waals surface area contributed by atoms with Gasteiger partial charge in [0.15, 0.2) is 0 Å². The first-order chi connectivity index (χ1) is 10.2. The van der Waals surface area contributed by atoms with Gasteiger partial charge in [-0.15, -0.1) is 0 Å². The number of halogens is 1. The zero-order valence-corrected chi connectivity index (χ0v) is 12.7. The van der Waals surface area contributed by atoms with Crippen LogP contribution in [0.1, 0.15) is 37.7 Å². The maximum absolute atomic E-state index is 12.8. The Kier molecular flexibility index (Phi) is 4.19. The summed E-state index contributed by atoms with van der Waals surface area (Å²) >= 11 is 0. The molecule has 0 saturated heterocycles. The van der Waals surface area contributed by atoms with Gasteiger partial charge in [0.2, 0.25) is 0 Å². The van der Waals surface area contributed by atoms with E-state index in [2.05, 4.69) is 10.3 Å². The summed E-state index contributed by atoms with van der Waals surface area (Å²) in [5, 5.41) is 12.1. The number of hydrogen-bond acceptors (Lipinski definition) is 4. The van der Waals surface area contributed by atoms with E-state index < -0.39 is 28.6 Å². The average Bonchev–Trinajstić information content (AvgIpc) is 2.46. The van der Waals surface area contributed by atoms with Crippen molar-refractivity contribution in [3.63, 3.8) is 0 Å². The summed E-state index contributed by atoms with van der Waals surface area (Å²) in [5.41, 5.74) is -2.23. The standard InChI is InChI=1S/C15H19FN2O4/c1-4-22-11-7-15(13(20)21,14(11,2)3)18-12(19)10-6-5-9(16)8-17-10/h5-6,8,11H,4,7H2,1-3H3,(H,18,19)(H,20,21)/t11-,15-/m1/s1. The fourth-order valence-corrected chi connectivity index (χ4v) is 2.80. The maximum Gasteiger partial charge on any atom is 0.330 e. The predicted molar refractivity (Wildman–Crippen MR) is 75.8 cm³/mol. The molecule has 1 aliphatic rings. The number of amides is 1. The fourth-order valence-electron chi connectivity index (χ4n) is 2.80. The molecule has 6 nitrogen and oxygen atoms in total. The number of hydrogen-bond donors (Lipinski definition) is 2. The molecule has 7 heteroatoms. The van der Waals surface area contributed by atoms with Crippen LogP contribution in [0.15, 0.2) is 18.3 Å². The van der Waals surface area contributed by atoms with Crippen LogP contribution >= 0.6 is 0 Å². The van der Waals surface area contributed by atoms with E-state index in [0.29, 0.717) is 6.61 Å². The Morgan fingerprint density at radius 3 is 2.64 bits per heavy atom. The van der Waals surface area contributed by atoms with Gasteiger partial charge in [0.25, 0.3) is 5.91 Å². The number of nitrogens with zero attached hydrogens (tertiary/aromatic N) is 1. The number of nitrogens with one attached hydrogen (secondary N) is 1. The van der Waals surface area contributed by atoms with Gasteiger partial charge in [-0.3, -0.25) is 4.79 Å². The first-order valence-corrected chi connectivity index (χ1v) is 7.03. The minimum Gasteiger partial charge on any atom is -0.479 e. The monoisotopic (exact) mass is 310 g/mol. The molecule has 0 aliphatic heterocycles. The Balaban J connectivity index is 2.22. The van der Waals surface area contributed by atoms with Crippen LogP contribution in [0.25, 0.3) is 0 Å². The number of carbonyl (C=O) groups excluding carboxylic acids is 1. The Hall–Kier alpha value is -2.02. The van der Waals surface area contributed by atoms with Crippen LogP contribution in [-0.2, 0) is 9.53 Å². The van der Waals surface area contributed by atoms with Gasteiger partial charge in [-0.2, -0.15) is 0 Å². The molecule has 22 heavy (non-hydrogen) atoms. The van der Waals surface area contributed by atoms with Crippen LogP contribution < -0.4 is 5.32 Å². The van der Waals surface area contributed by atoms with Crippen molar-refractivity contribution < 1.29 is 23.8 Å². The van der Waals surface area contributed by atoms with Crippen LogP contribution in [0, 0.1) is 11.2 Å². The van der Waals surface area contributed by atoms with Gasteiger partial charge in [0, 0.05) is 18.4 Å². The van der Waals surface area contributed by atoms with Crippen LogP contribution in [0.4, 0.5) is 4.39 Å². The molecule has 120 valence electrons. The minimum absolute atomic E-state index is 0.0299.